The molecule has 3 rings (SSSR count). The summed E-state index contributed by atoms with van der Waals surface area (Å²) in [5, 5.41) is 14.0. The topological polar surface area (TPSA) is 90.0 Å². The van der Waals surface area contributed by atoms with Gasteiger partial charge in [-0.1, -0.05) is 11.6 Å². The number of carbonyl (C=O) groups is 1. The molecule has 0 atom stereocenters. The number of rotatable bonds is 3. The van der Waals surface area contributed by atoms with E-state index in [1.807, 2.05) is 0 Å². The van der Waals surface area contributed by atoms with Crippen molar-refractivity contribution in [3.63, 3.8) is 0 Å². The van der Waals surface area contributed by atoms with Crippen LogP contribution in [0.2, 0.25) is 5.02 Å². The van der Waals surface area contributed by atoms with E-state index < -0.39 is 5.97 Å². The van der Waals surface area contributed by atoms with Crippen molar-refractivity contribution in [3.05, 3.63) is 51.2 Å². The molecular formula is C15H13ClN4O3. The first-order chi connectivity index (χ1) is 10.9. The van der Waals surface area contributed by atoms with E-state index in [9.17, 15) is 9.59 Å². The van der Waals surface area contributed by atoms with Crippen LogP contribution in [0.4, 0.5) is 0 Å². The summed E-state index contributed by atoms with van der Waals surface area (Å²) in [6, 6.07) is 4.85. The van der Waals surface area contributed by atoms with Gasteiger partial charge < -0.3 is 5.11 Å². The summed E-state index contributed by atoms with van der Waals surface area (Å²) >= 11 is 5.94. The average Bonchev–Trinajstić information content (AvgIpc) is 2.79. The van der Waals surface area contributed by atoms with Crippen LogP contribution in [0.25, 0.3) is 16.7 Å². The van der Waals surface area contributed by atoms with Crippen molar-refractivity contribution < 1.29 is 9.90 Å². The van der Waals surface area contributed by atoms with E-state index in [2.05, 4.69) is 10.1 Å². The predicted molar refractivity (Wildman–Crippen MR) is 85.2 cm³/mol. The zero-order valence-electron chi connectivity index (χ0n) is 12.4. The molecule has 0 unspecified atom stereocenters. The zero-order valence-corrected chi connectivity index (χ0v) is 13.2. The second-order valence-corrected chi connectivity index (χ2v) is 5.59. The van der Waals surface area contributed by atoms with Crippen LogP contribution in [0.15, 0.2) is 29.2 Å². The minimum absolute atomic E-state index is 0.228. The van der Waals surface area contributed by atoms with Gasteiger partial charge in [-0.25, -0.2) is 9.55 Å². The highest BCUT2D eigenvalue weighted by Gasteiger charge is 2.18. The van der Waals surface area contributed by atoms with E-state index in [0.29, 0.717) is 33.1 Å². The van der Waals surface area contributed by atoms with Gasteiger partial charge in [0.05, 0.1) is 23.5 Å². The molecule has 0 saturated carbocycles. The smallest absolute Gasteiger partial charge is 0.308 e. The van der Waals surface area contributed by atoms with Crippen LogP contribution in [0.1, 0.15) is 11.4 Å². The average molecular weight is 333 g/mol. The number of aromatic nitrogens is 4. The summed E-state index contributed by atoms with van der Waals surface area (Å²) in [5.74, 6) is -0.162. The van der Waals surface area contributed by atoms with E-state index in [0.717, 1.165) is 0 Å². The highest BCUT2D eigenvalue weighted by atomic mass is 35.5. The minimum Gasteiger partial charge on any atom is -0.481 e. The number of benzene rings is 1. The maximum absolute atomic E-state index is 12.8. The van der Waals surface area contributed by atoms with E-state index >= 15 is 0 Å². The molecule has 118 valence electrons. The molecule has 0 fully saturated rings. The first-order valence-electron chi connectivity index (χ1n) is 6.80. The number of halogens is 1. The molecule has 0 spiro atoms. The molecule has 7 nitrogen and oxygen atoms in total. The fourth-order valence-corrected chi connectivity index (χ4v) is 2.74. The molecule has 0 amide bonds. The molecule has 2 aromatic heterocycles. The van der Waals surface area contributed by atoms with Gasteiger partial charge in [-0.2, -0.15) is 5.10 Å². The molecule has 0 aliphatic rings. The SMILES string of the molecule is Cc1nc2cc(Cl)ccc2c(=O)n1-c1c(CC(=O)O)cnn1C. The summed E-state index contributed by atoms with van der Waals surface area (Å²) in [5.41, 5.74) is 0.651. The van der Waals surface area contributed by atoms with E-state index in [1.54, 1.807) is 32.2 Å². The number of aryl methyl sites for hydroxylation is 2. The Bertz CT molecular complexity index is 990. The molecule has 0 aliphatic heterocycles. The molecule has 23 heavy (non-hydrogen) atoms. The molecular weight excluding hydrogens is 320 g/mol. The second-order valence-electron chi connectivity index (χ2n) is 5.15. The summed E-state index contributed by atoms with van der Waals surface area (Å²) in [6.07, 6.45) is 1.22. The van der Waals surface area contributed by atoms with Gasteiger partial charge in [-0.3, -0.25) is 14.3 Å². The summed E-state index contributed by atoms with van der Waals surface area (Å²) in [7, 11) is 1.65. The van der Waals surface area contributed by atoms with Crippen molar-refractivity contribution in [2.75, 3.05) is 0 Å². The third kappa shape index (κ3) is 2.59. The van der Waals surface area contributed by atoms with Crippen molar-refractivity contribution in [2.24, 2.45) is 7.05 Å². The first-order valence-corrected chi connectivity index (χ1v) is 7.18. The molecule has 8 heteroatoms. The van der Waals surface area contributed by atoms with Crippen molar-refractivity contribution in [3.8, 4) is 5.82 Å². The summed E-state index contributed by atoms with van der Waals surface area (Å²) < 4.78 is 2.84. The number of hydrogen-bond acceptors (Lipinski definition) is 4. The quantitative estimate of drug-likeness (QED) is 0.788. The van der Waals surface area contributed by atoms with E-state index in [4.69, 9.17) is 16.7 Å². The fraction of sp³-hybridized carbons (Fsp3) is 0.200. The van der Waals surface area contributed by atoms with Crippen LogP contribution in [0.3, 0.4) is 0 Å². The van der Waals surface area contributed by atoms with Gasteiger partial charge >= 0.3 is 5.97 Å². The monoisotopic (exact) mass is 332 g/mol. The Morgan fingerprint density at radius 1 is 1.39 bits per heavy atom. The standard InChI is InChI=1S/C15H13ClN4O3/c1-8-18-12-6-10(16)3-4-11(12)15(23)20(8)14-9(5-13(21)22)7-17-19(14)2/h3-4,6-7H,5H2,1-2H3,(H,21,22). The summed E-state index contributed by atoms with van der Waals surface area (Å²) in [4.78, 5) is 28.3. The molecule has 0 aliphatic carbocycles. The minimum atomic E-state index is -0.995. The Morgan fingerprint density at radius 2 is 2.13 bits per heavy atom. The normalized spacial score (nSPS) is 11.1. The number of fused-ring (bicyclic) bond motifs is 1. The first kappa shape index (κ1) is 15.2. The second kappa shape index (κ2) is 5.51. The largest absolute Gasteiger partial charge is 0.481 e. The lowest BCUT2D eigenvalue weighted by molar-refractivity contribution is -0.136. The Morgan fingerprint density at radius 3 is 2.83 bits per heavy atom. The number of hydrogen-bond donors (Lipinski definition) is 1. The molecule has 2 heterocycles. The maximum atomic E-state index is 12.8. The predicted octanol–water partition coefficient (Wildman–Crippen LogP) is 1.71. The van der Waals surface area contributed by atoms with Crippen LogP contribution in [-0.4, -0.2) is 30.4 Å². The van der Waals surface area contributed by atoms with Crippen molar-refractivity contribution in [2.45, 2.75) is 13.3 Å². The lowest BCUT2D eigenvalue weighted by Gasteiger charge is -2.12. The fourth-order valence-electron chi connectivity index (χ4n) is 2.57. The van der Waals surface area contributed by atoms with Crippen LogP contribution in [0, 0.1) is 6.92 Å². The van der Waals surface area contributed by atoms with Crippen LogP contribution < -0.4 is 5.56 Å². The third-order valence-corrected chi connectivity index (χ3v) is 3.77. The Labute approximate surface area is 135 Å². The molecule has 0 radical (unpaired) electrons. The maximum Gasteiger partial charge on any atom is 0.308 e. The van der Waals surface area contributed by atoms with Gasteiger partial charge in [0.1, 0.15) is 11.6 Å². The van der Waals surface area contributed by atoms with Crippen LogP contribution in [-0.2, 0) is 18.3 Å². The number of carboxylic acid groups (broad SMARTS) is 1. The Hall–Kier alpha value is -2.67. The van der Waals surface area contributed by atoms with E-state index in [1.165, 1.54) is 15.4 Å². The van der Waals surface area contributed by atoms with Gasteiger partial charge in [-0.15, -0.1) is 0 Å². The Kier molecular flexibility index (Phi) is 3.65. The highest BCUT2D eigenvalue weighted by molar-refractivity contribution is 6.31. The molecule has 1 aromatic carbocycles. The molecule has 0 bridgehead atoms. The Balaban J connectivity index is 2.33. The molecule has 3 aromatic rings. The van der Waals surface area contributed by atoms with Gasteiger partial charge in [0, 0.05) is 17.6 Å². The van der Waals surface area contributed by atoms with Crippen molar-refractivity contribution >= 4 is 28.5 Å². The third-order valence-electron chi connectivity index (χ3n) is 3.53. The molecule has 0 saturated heterocycles. The zero-order chi connectivity index (χ0) is 16.7. The van der Waals surface area contributed by atoms with Crippen molar-refractivity contribution in [1.29, 1.82) is 0 Å². The number of carboxylic acids is 1. The van der Waals surface area contributed by atoms with Crippen molar-refractivity contribution in [1.82, 2.24) is 19.3 Å². The van der Waals surface area contributed by atoms with Gasteiger partial charge in [0.2, 0.25) is 0 Å². The van der Waals surface area contributed by atoms with Crippen LogP contribution in [0.5, 0.6) is 0 Å². The van der Waals surface area contributed by atoms with Gasteiger partial charge in [0.25, 0.3) is 5.56 Å². The lowest BCUT2D eigenvalue weighted by atomic mass is 10.2. The lowest BCUT2D eigenvalue weighted by Crippen LogP contribution is -2.25. The van der Waals surface area contributed by atoms with Gasteiger partial charge in [0.15, 0.2) is 0 Å². The summed E-state index contributed by atoms with van der Waals surface area (Å²) in [6.45, 7) is 1.68. The number of nitrogens with zero attached hydrogens (tertiary/aromatic N) is 4. The van der Waals surface area contributed by atoms with Crippen LogP contribution >= 0.6 is 11.6 Å². The number of aliphatic carboxylic acids is 1. The van der Waals surface area contributed by atoms with E-state index in [-0.39, 0.29) is 12.0 Å². The highest BCUT2D eigenvalue weighted by Crippen LogP contribution is 2.19. The van der Waals surface area contributed by atoms with Gasteiger partial charge in [-0.05, 0) is 25.1 Å². The molecule has 1 N–H and O–H groups in total.